The van der Waals surface area contributed by atoms with E-state index in [1.165, 1.54) is 58.0 Å². The Morgan fingerprint density at radius 3 is 2.28 bits per heavy atom. The molecule has 101 valence electrons. The molecule has 2 heteroatoms. The fraction of sp³-hybridized carbons (Fsp3) is 0.875. The van der Waals surface area contributed by atoms with Crippen LogP contribution < -0.4 is 0 Å². The normalized spacial score (nSPS) is 38.1. The molecule has 3 aliphatic rings. The van der Waals surface area contributed by atoms with Gasteiger partial charge in [0.05, 0.1) is 0 Å². The minimum Gasteiger partial charge on any atom is -0.306 e. The molecular weight excluding hydrogens is 220 g/mol. The van der Waals surface area contributed by atoms with Gasteiger partial charge in [-0.25, -0.2) is 0 Å². The van der Waals surface area contributed by atoms with Gasteiger partial charge in [0.15, 0.2) is 0 Å². The first-order valence-electron chi connectivity index (χ1n) is 7.71. The lowest BCUT2D eigenvalue weighted by molar-refractivity contribution is 0.134. The van der Waals surface area contributed by atoms with Crippen molar-refractivity contribution in [3.63, 3.8) is 0 Å². The van der Waals surface area contributed by atoms with Gasteiger partial charge in [-0.05, 0) is 71.0 Å². The number of fused-ring (bicyclic) bond motifs is 2. The van der Waals surface area contributed by atoms with Gasteiger partial charge < -0.3 is 9.80 Å². The highest BCUT2D eigenvalue weighted by atomic mass is 15.2. The van der Waals surface area contributed by atoms with Gasteiger partial charge in [-0.2, -0.15) is 0 Å². The summed E-state index contributed by atoms with van der Waals surface area (Å²) in [5.74, 6) is 0.922. The van der Waals surface area contributed by atoms with Crippen molar-refractivity contribution in [1.29, 1.82) is 0 Å². The van der Waals surface area contributed by atoms with Gasteiger partial charge in [-0.3, -0.25) is 0 Å². The van der Waals surface area contributed by atoms with Crippen LogP contribution in [0.25, 0.3) is 0 Å². The van der Waals surface area contributed by atoms with E-state index >= 15 is 0 Å². The summed E-state index contributed by atoms with van der Waals surface area (Å²) in [5.41, 5.74) is 1.61. The van der Waals surface area contributed by atoms with Gasteiger partial charge in [0.2, 0.25) is 0 Å². The van der Waals surface area contributed by atoms with Crippen molar-refractivity contribution in [1.82, 2.24) is 9.80 Å². The molecule has 3 aliphatic heterocycles. The van der Waals surface area contributed by atoms with Gasteiger partial charge in [0.25, 0.3) is 0 Å². The van der Waals surface area contributed by atoms with Crippen LogP contribution in [0, 0.1) is 12.0 Å². The molecule has 18 heavy (non-hydrogen) atoms. The van der Waals surface area contributed by atoms with E-state index < -0.39 is 0 Å². The molecule has 1 radical (unpaired) electrons. The fourth-order valence-electron chi connectivity index (χ4n) is 4.04. The monoisotopic (exact) mass is 247 g/mol. The number of hydrogen-bond acceptors (Lipinski definition) is 2. The second kappa shape index (κ2) is 5.34. The number of rotatable bonds is 2. The Hall–Kier alpha value is -0.340. The summed E-state index contributed by atoms with van der Waals surface area (Å²) in [6.45, 7) is 2.47. The minimum atomic E-state index is 0.887. The van der Waals surface area contributed by atoms with Crippen LogP contribution in [-0.4, -0.2) is 49.1 Å². The number of nitrogens with zero attached hydrogens (tertiary/aromatic N) is 2. The average molecular weight is 247 g/mol. The number of piperidine rings is 2. The van der Waals surface area contributed by atoms with Crippen molar-refractivity contribution in [2.75, 3.05) is 27.2 Å². The maximum Gasteiger partial charge on any atom is 0.00984 e. The largest absolute Gasteiger partial charge is 0.306 e. The van der Waals surface area contributed by atoms with E-state index in [1.807, 2.05) is 0 Å². The molecule has 3 saturated heterocycles. The van der Waals surface area contributed by atoms with Crippen molar-refractivity contribution in [2.45, 2.75) is 57.0 Å². The van der Waals surface area contributed by atoms with Crippen LogP contribution in [0.2, 0.25) is 0 Å². The highest BCUT2D eigenvalue weighted by Crippen LogP contribution is 2.38. The zero-order valence-corrected chi connectivity index (χ0v) is 12.0. The topological polar surface area (TPSA) is 6.48 Å². The smallest absolute Gasteiger partial charge is 0.00984 e. The third-order valence-corrected chi connectivity index (χ3v) is 5.43. The lowest BCUT2D eigenvalue weighted by Crippen LogP contribution is -2.39. The molecule has 0 aromatic carbocycles. The summed E-state index contributed by atoms with van der Waals surface area (Å²) in [4.78, 5) is 5.07. The lowest BCUT2D eigenvalue weighted by Gasteiger charge is -2.36. The molecule has 0 aliphatic carbocycles. The predicted octanol–water partition coefficient (Wildman–Crippen LogP) is 2.70. The molecule has 0 spiro atoms. The highest BCUT2D eigenvalue weighted by molar-refractivity contribution is 5.03. The Bertz CT molecular complexity index is 299. The van der Waals surface area contributed by atoms with Gasteiger partial charge in [-0.1, -0.05) is 5.57 Å². The van der Waals surface area contributed by atoms with Gasteiger partial charge in [0.1, 0.15) is 0 Å². The van der Waals surface area contributed by atoms with Crippen molar-refractivity contribution >= 4 is 0 Å². The Morgan fingerprint density at radius 2 is 1.67 bits per heavy atom. The standard InChI is InChI=1S/C16H27N2/c1-17-9-7-13(8-10-17)3-4-14-11-15-5-6-16(12-14)18(15)2/h14-16H,4-12H2,1-2H3. The summed E-state index contributed by atoms with van der Waals surface area (Å²) >= 11 is 0. The number of allylic oxidation sites excluding steroid dienone is 1. The third-order valence-electron chi connectivity index (χ3n) is 5.43. The van der Waals surface area contributed by atoms with Gasteiger partial charge in [-0.15, -0.1) is 0 Å². The quantitative estimate of drug-likeness (QED) is 0.740. The first-order chi connectivity index (χ1) is 8.72. The fourth-order valence-corrected chi connectivity index (χ4v) is 4.04. The molecule has 2 nitrogen and oxygen atoms in total. The van der Waals surface area contributed by atoms with E-state index in [4.69, 9.17) is 0 Å². The van der Waals surface area contributed by atoms with Crippen molar-refractivity contribution in [3.8, 4) is 0 Å². The van der Waals surface area contributed by atoms with E-state index in [1.54, 1.807) is 5.57 Å². The SMILES string of the molecule is CN1CCC(=[C]CC2CC3CCC(C2)N3C)CC1. The maximum absolute atomic E-state index is 3.77. The number of hydrogen-bond donors (Lipinski definition) is 0. The van der Waals surface area contributed by atoms with E-state index in [-0.39, 0.29) is 0 Å². The Labute approximate surface area is 112 Å². The van der Waals surface area contributed by atoms with Crippen LogP contribution in [0.4, 0.5) is 0 Å². The second-order valence-corrected chi connectivity index (χ2v) is 6.68. The minimum absolute atomic E-state index is 0.887. The zero-order valence-electron chi connectivity index (χ0n) is 12.0. The first-order valence-corrected chi connectivity index (χ1v) is 7.71. The van der Waals surface area contributed by atoms with Crippen molar-refractivity contribution < 1.29 is 0 Å². The molecule has 0 aromatic rings. The van der Waals surface area contributed by atoms with Crippen LogP contribution in [0.1, 0.15) is 44.9 Å². The molecular formula is C16H27N2. The third kappa shape index (κ3) is 2.65. The van der Waals surface area contributed by atoms with Crippen LogP contribution >= 0.6 is 0 Å². The average Bonchev–Trinajstić information content (AvgIpc) is 2.62. The van der Waals surface area contributed by atoms with Crippen molar-refractivity contribution in [2.24, 2.45) is 5.92 Å². The zero-order chi connectivity index (χ0) is 12.5. The Kier molecular flexibility index (Phi) is 3.76. The van der Waals surface area contributed by atoms with E-state index in [9.17, 15) is 0 Å². The van der Waals surface area contributed by atoms with E-state index in [0.29, 0.717) is 0 Å². The molecule has 2 unspecified atom stereocenters. The van der Waals surface area contributed by atoms with E-state index in [0.717, 1.165) is 18.0 Å². The van der Waals surface area contributed by atoms with Crippen LogP contribution in [0.3, 0.4) is 0 Å². The van der Waals surface area contributed by atoms with Gasteiger partial charge in [0, 0.05) is 25.2 Å². The highest BCUT2D eigenvalue weighted by Gasteiger charge is 2.37. The molecule has 3 heterocycles. The summed E-state index contributed by atoms with van der Waals surface area (Å²) in [6.07, 6.45) is 13.3. The Morgan fingerprint density at radius 1 is 1.06 bits per heavy atom. The van der Waals surface area contributed by atoms with Crippen LogP contribution in [-0.2, 0) is 0 Å². The first kappa shape index (κ1) is 12.7. The molecule has 3 rings (SSSR count). The van der Waals surface area contributed by atoms with Gasteiger partial charge >= 0.3 is 0 Å². The second-order valence-electron chi connectivity index (χ2n) is 6.68. The lowest BCUT2D eigenvalue weighted by atomic mass is 9.87. The summed E-state index contributed by atoms with van der Waals surface area (Å²) in [7, 11) is 4.56. The maximum atomic E-state index is 3.77. The van der Waals surface area contributed by atoms with E-state index in [2.05, 4.69) is 30.0 Å². The van der Waals surface area contributed by atoms with Crippen LogP contribution in [0.5, 0.6) is 0 Å². The Balaban J connectivity index is 1.51. The molecule has 0 amide bonds. The summed E-state index contributed by atoms with van der Waals surface area (Å²) in [6, 6.07) is 1.77. The molecule has 3 fully saturated rings. The molecule has 0 aromatic heterocycles. The molecule has 2 atom stereocenters. The predicted molar refractivity (Wildman–Crippen MR) is 75.4 cm³/mol. The number of likely N-dealkylation sites (tertiary alicyclic amines) is 1. The summed E-state index contributed by atoms with van der Waals surface area (Å²) < 4.78 is 0. The molecule has 0 saturated carbocycles. The van der Waals surface area contributed by atoms with Crippen molar-refractivity contribution in [3.05, 3.63) is 11.6 Å². The summed E-state index contributed by atoms with van der Waals surface area (Å²) in [5, 5.41) is 0. The molecule has 2 bridgehead atoms. The molecule has 0 N–H and O–H groups in total. The van der Waals surface area contributed by atoms with Crippen LogP contribution in [0.15, 0.2) is 5.57 Å².